The van der Waals surface area contributed by atoms with Crippen molar-refractivity contribution in [2.24, 2.45) is 0 Å². The molecule has 1 aliphatic carbocycles. The van der Waals surface area contributed by atoms with Crippen LogP contribution < -0.4 is 10.1 Å². The molecule has 6 nitrogen and oxygen atoms in total. The molecule has 6 heteroatoms. The van der Waals surface area contributed by atoms with Crippen molar-refractivity contribution < 1.29 is 19.4 Å². The lowest BCUT2D eigenvalue weighted by atomic mass is 10.2. The average molecular weight is 264 g/mol. The summed E-state index contributed by atoms with van der Waals surface area (Å²) < 4.78 is 5.36. The molecule has 0 atom stereocenters. The van der Waals surface area contributed by atoms with E-state index in [4.69, 9.17) is 9.84 Å². The Kier molecular flexibility index (Phi) is 3.42. The topological polar surface area (TPSA) is 88.5 Å². The summed E-state index contributed by atoms with van der Waals surface area (Å²) in [6, 6.07) is 3.16. The first-order chi connectivity index (χ1) is 8.93. The van der Waals surface area contributed by atoms with E-state index >= 15 is 0 Å². The van der Waals surface area contributed by atoms with E-state index in [1.54, 1.807) is 12.1 Å². The lowest BCUT2D eigenvalue weighted by Crippen LogP contribution is -2.43. The van der Waals surface area contributed by atoms with E-state index in [2.05, 4.69) is 10.3 Å². The predicted octanol–water partition coefficient (Wildman–Crippen LogP) is 1.22. The average Bonchev–Trinajstić information content (AvgIpc) is 3.10. The molecule has 1 aromatic heterocycles. The SMILES string of the molecule is CC(C)Oc1ccc(C(=O)NC2(C(=O)O)CC2)cn1. The summed E-state index contributed by atoms with van der Waals surface area (Å²) in [5.41, 5.74) is -0.756. The Labute approximate surface area is 110 Å². The van der Waals surface area contributed by atoms with Gasteiger partial charge in [-0.1, -0.05) is 0 Å². The second kappa shape index (κ2) is 4.87. The van der Waals surface area contributed by atoms with Crippen LogP contribution in [0.25, 0.3) is 0 Å². The summed E-state index contributed by atoms with van der Waals surface area (Å²) in [6.45, 7) is 3.76. The second-order valence-electron chi connectivity index (χ2n) is 4.89. The number of nitrogens with one attached hydrogen (secondary N) is 1. The number of aromatic nitrogens is 1. The number of nitrogens with zero attached hydrogens (tertiary/aromatic N) is 1. The molecule has 2 N–H and O–H groups in total. The molecule has 1 heterocycles. The van der Waals surface area contributed by atoms with E-state index in [-0.39, 0.29) is 6.10 Å². The smallest absolute Gasteiger partial charge is 0.329 e. The third kappa shape index (κ3) is 3.01. The van der Waals surface area contributed by atoms with Crippen LogP contribution in [0.1, 0.15) is 37.0 Å². The van der Waals surface area contributed by atoms with Gasteiger partial charge in [0.15, 0.2) is 0 Å². The highest BCUT2D eigenvalue weighted by Gasteiger charge is 2.51. The Morgan fingerprint density at radius 3 is 2.53 bits per heavy atom. The summed E-state index contributed by atoms with van der Waals surface area (Å²) in [7, 11) is 0. The fourth-order valence-corrected chi connectivity index (χ4v) is 1.63. The molecule has 1 saturated carbocycles. The molecular weight excluding hydrogens is 248 g/mol. The monoisotopic (exact) mass is 264 g/mol. The Hall–Kier alpha value is -2.11. The number of carboxylic acids is 1. The predicted molar refractivity (Wildman–Crippen MR) is 67.1 cm³/mol. The minimum Gasteiger partial charge on any atom is -0.480 e. The van der Waals surface area contributed by atoms with Crippen molar-refractivity contribution in [3.8, 4) is 5.88 Å². The molecule has 0 bridgehead atoms. The van der Waals surface area contributed by atoms with Crippen molar-refractivity contribution in [1.29, 1.82) is 0 Å². The van der Waals surface area contributed by atoms with Gasteiger partial charge in [0.2, 0.25) is 5.88 Å². The fraction of sp³-hybridized carbons (Fsp3) is 0.462. The summed E-state index contributed by atoms with van der Waals surface area (Å²) in [6.07, 6.45) is 2.32. The van der Waals surface area contributed by atoms with Gasteiger partial charge in [0.05, 0.1) is 11.7 Å². The number of carboxylic acid groups (broad SMARTS) is 1. The minimum absolute atomic E-state index is 0.00826. The summed E-state index contributed by atoms with van der Waals surface area (Å²) in [4.78, 5) is 26.9. The number of carbonyl (C=O) groups is 2. The molecule has 2 rings (SSSR count). The number of amides is 1. The highest BCUT2D eigenvalue weighted by molar-refractivity contribution is 5.98. The van der Waals surface area contributed by atoms with E-state index in [1.165, 1.54) is 6.20 Å². The molecule has 0 unspecified atom stereocenters. The molecule has 0 saturated heterocycles. The van der Waals surface area contributed by atoms with Gasteiger partial charge in [0, 0.05) is 12.3 Å². The van der Waals surface area contributed by atoms with Crippen LogP contribution in [-0.2, 0) is 4.79 Å². The molecule has 102 valence electrons. The maximum Gasteiger partial charge on any atom is 0.329 e. The first-order valence-corrected chi connectivity index (χ1v) is 6.11. The van der Waals surface area contributed by atoms with Gasteiger partial charge < -0.3 is 15.2 Å². The van der Waals surface area contributed by atoms with Gasteiger partial charge in [0.25, 0.3) is 5.91 Å². The summed E-state index contributed by atoms with van der Waals surface area (Å²) >= 11 is 0. The van der Waals surface area contributed by atoms with Crippen LogP contribution in [0.5, 0.6) is 5.88 Å². The highest BCUT2D eigenvalue weighted by atomic mass is 16.5. The fourth-order valence-electron chi connectivity index (χ4n) is 1.63. The molecule has 1 fully saturated rings. The first kappa shape index (κ1) is 13.3. The molecule has 0 aliphatic heterocycles. The van der Waals surface area contributed by atoms with E-state index in [0.29, 0.717) is 24.3 Å². The lowest BCUT2D eigenvalue weighted by Gasteiger charge is -2.12. The van der Waals surface area contributed by atoms with Crippen molar-refractivity contribution in [2.45, 2.75) is 38.3 Å². The van der Waals surface area contributed by atoms with Crippen LogP contribution in [0.4, 0.5) is 0 Å². The third-order valence-corrected chi connectivity index (χ3v) is 2.87. The standard InChI is InChI=1S/C13H16N2O4/c1-8(2)19-10-4-3-9(7-14-10)11(16)15-13(5-6-13)12(17)18/h3-4,7-8H,5-6H2,1-2H3,(H,15,16)(H,17,18). The van der Waals surface area contributed by atoms with Gasteiger partial charge in [-0.25, -0.2) is 9.78 Å². The lowest BCUT2D eigenvalue weighted by molar-refractivity contribution is -0.140. The summed E-state index contributed by atoms with van der Waals surface area (Å²) in [5, 5.41) is 11.5. The van der Waals surface area contributed by atoms with Crippen molar-refractivity contribution in [1.82, 2.24) is 10.3 Å². The molecule has 0 spiro atoms. The number of carbonyl (C=O) groups excluding carboxylic acids is 1. The third-order valence-electron chi connectivity index (χ3n) is 2.87. The molecule has 0 aromatic carbocycles. The molecule has 1 aromatic rings. The number of hydrogen-bond donors (Lipinski definition) is 2. The number of ether oxygens (including phenoxy) is 1. The van der Waals surface area contributed by atoms with Crippen molar-refractivity contribution in [3.05, 3.63) is 23.9 Å². The maximum absolute atomic E-state index is 11.9. The summed E-state index contributed by atoms with van der Waals surface area (Å²) in [5.74, 6) is -0.983. The van der Waals surface area contributed by atoms with Crippen LogP contribution in [0.3, 0.4) is 0 Å². The van der Waals surface area contributed by atoms with Crippen LogP contribution in [0.15, 0.2) is 18.3 Å². The normalized spacial score (nSPS) is 15.9. The Bertz CT molecular complexity index is 492. The molecule has 19 heavy (non-hydrogen) atoms. The van der Waals surface area contributed by atoms with Gasteiger partial charge in [-0.2, -0.15) is 0 Å². The number of aliphatic carboxylic acids is 1. The van der Waals surface area contributed by atoms with Crippen LogP contribution >= 0.6 is 0 Å². The number of hydrogen-bond acceptors (Lipinski definition) is 4. The molecule has 1 aliphatic rings. The molecule has 0 radical (unpaired) electrons. The highest BCUT2D eigenvalue weighted by Crippen LogP contribution is 2.35. The van der Waals surface area contributed by atoms with Crippen molar-refractivity contribution in [2.75, 3.05) is 0 Å². The van der Waals surface area contributed by atoms with E-state index in [0.717, 1.165) is 0 Å². The van der Waals surface area contributed by atoms with Gasteiger partial charge in [-0.05, 0) is 32.8 Å². The number of rotatable bonds is 5. The van der Waals surface area contributed by atoms with E-state index in [9.17, 15) is 9.59 Å². The first-order valence-electron chi connectivity index (χ1n) is 6.11. The minimum atomic E-state index is -1.08. The van der Waals surface area contributed by atoms with E-state index in [1.807, 2.05) is 13.8 Å². The zero-order valence-corrected chi connectivity index (χ0v) is 10.8. The van der Waals surface area contributed by atoms with Crippen LogP contribution in [0.2, 0.25) is 0 Å². The van der Waals surface area contributed by atoms with Crippen molar-refractivity contribution >= 4 is 11.9 Å². The van der Waals surface area contributed by atoms with Crippen LogP contribution in [-0.4, -0.2) is 33.6 Å². The van der Waals surface area contributed by atoms with Crippen LogP contribution in [0, 0.1) is 0 Å². The zero-order chi connectivity index (χ0) is 14.0. The Morgan fingerprint density at radius 2 is 2.11 bits per heavy atom. The van der Waals surface area contributed by atoms with Gasteiger partial charge >= 0.3 is 5.97 Å². The van der Waals surface area contributed by atoms with E-state index < -0.39 is 17.4 Å². The largest absolute Gasteiger partial charge is 0.480 e. The quantitative estimate of drug-likeness (QED) is 0.834. The zero-order valence-electron chi connectivity index (χ0n) is 10.8. The van der Waals surface area contributed by atoms with Gasteiger partial charge in [-0.15, -0.1) is 0 Å². The Morgan fingerprint density at radius 1 is 1.42 bits per heavy atom. The molecular formula is C13H16N2O4. The van der Waals surface area contributed by atoms with Gasteiger partial charge in [0.1, 0.15) is 5.54 Å². The number of pyridine rings is 1. The maximum atomic E-state index is 11.9. The second-order valence-corrected chi connectivity index (χ2v) is 4.89. The van der Waals surface area contributed by atoms with Crippen molar-refractivity contribution in [3.63, 3.8) is 0 Å². The van der Waals surface area contributed by atoms with Gasteiger partial charge in [-0.3, -0.25) is 4.79 Å². The molecule has 1 amide bonds. The Balaban J connectivity index is 2.02.